The second-order valence-corrected chi connectivity index (χ2v) is 3.47. The zero-order chi connectivity index (χ0) is 11.7. The normalized spacial score (nSPS) is 15.2. The highest BCUT2D eigenvalue weighted by Gasteiger charge is 2.27. The number of benzene rings is 1. The molecule has 1 unspecified atom stereocenters. The topological polar surface area (TPSA) is 84.9 Å². The van der Waals surface area contributed by atoms with Crippen molar-refractivity contribution in [3.8, 4) is 17.2 Å². The third-order valence-electron chi connectivity index (χ3n) is 2.44. The number of aliphatic hydroxyl groups excluding tert-OH is 1. The zero-order valence-electron chi connectivity index (χ0n) is 8.44. The van der Waals surface area contributed by atoms with Crippen LogP contribution in [0.1, 0.15) is 18.0 Å². The monoisotopic (exact) mass is 229 g/mol. The van der Waals surface area contributed by atoms with Crippen LogP contribution in [0.4, 0.5) is 4.39 Å². The summed E-state index contributed by atoms with van der Waals surface area (Å²) in [5, 5.41) is 18.4. The summed E-state index contributed by atoms with van der Waals surface area (Å²) >= 11 is 0. The van der Waals surface area contributed by atoms with E-state index in [9.17, 15) is 9.50 Å². The van der Waals surface area contributed by atoms with E-state index in [0.717, 1.165) is 6.07 Å². The maximum absolute atomic E-state index is 13.3. The van der Waals surface area contributed by atoms with Crippen molar-refractivity contribution in [1.82, 2.24) is 0 Å². The van der Waals surface area contributed by atoms with E-state index in [0.29, 0.717) is 0 Å². The van der Waals surface area contributed by atoms with Crippen LogP contribution in [0.25, 0.3) is 0 Å². The van der Waals surface area contributed by atoms with Gasteiger partial charge >= 0.3 is 0 Å². The Kier molecular flexibility index (Phi) is 2.84. The molecule has 1 aliphatic heterocycles. The first-order valence-electron chi connectivity index (χ1n) is 4.82. The summed E-state index contributed by atoms with van der Waals surface area (Å²) in [6.45, 7) is -0.191. The largest absolute Gasteiger partial charge is 0.504 e. The van der Waals surface area contributed by atoms with Gasteiger partial charge in [-0.25, -0.2) is 4.39 Å². The van der Waals surface area contributed by atoms with Gasteiger partial charge < -0.3 is 25.4 Å². The van der Waals surface area contributed by atoms with Gasteiger partial charge in [-0.3, -0.25) is 0 Å². The molecule has 0 saturated carbocycles. The molecule has 1 aromatic rings. The Morgan fingerprint density at radius 3 is 2.94 bits per heavy atom. The van der Waals surface area contributed by atoms with Gasteiger partial charge in [0.15, 0.2) is 23.1 Å². The van der Waals surface area contributed by atoms with Crippen LogP contribution in [0.3, 0.4) is 0 Å². The van der Waals surface area contributed by atoms with E-state index in [1.54, 1.807) is 0 Å². The summed E-state index contributed by atoms with van der Waals surface area (Å²) in [5.41, 5.74) is 5.87. The molecule has 1 aromatic carbocycles. The van der Waals surface area contributed by atoms with Crippen molar-refractivity contribution < 1.29 is 24.1 Å². The van der Waals surface area contributed by atoms with Gasteiger partial charge in [0.25, 0.3) is 0 Å². The number of hydrogen-bond donors (Lipinski definition) is 3. The first-order valence-corrected chi connectivity index (χ1v) is 4.82. The molecule has 1 aliphatic rings. The Labute approximate surface area is 91.2 Å². The molecule has 88 valence electrons. The molecule has 5 nitrogen and oxygen atoms in total. The molecule has 0 spiro atoms. The second kappa shape index (κ2) is 4.15. The number of phenols is 1. The van der Waals surface area contributed by atoms with Crippen molar-refractivity contribution in [3.63, 3.8) is 0 Å². The van der Waals surface area contributed by atoms with Crippen molar-refractivity contribution in [3.05, 3.63) is 17.4 Å². The highest BCUT2D eigenvalue weighted by molar-refractivity contribution is 5.56. The van der Waals surface area contributed by atoms with E-state index in [4.69, 9.17) is 20.3 Å². The number of rotatable bonds is 3. The maximum Gasteiger partial charge on any atom is 0.231 e. The van der Waals surface area contributed by atoms with E-state index in [-0.39, 0.29) is 36.9 Å². The third kappa shape index (κ3) is 1.66. The molecule has 0 amide bonds. The van der Waals surface area contributed by atoms with E-state index in [1.165, 1.54) is 0 Å². The maximum atomic E-state index is 13.3. The highest BCUT2D eigenvalue weighted by atomic mass is 19.1. The standard InChI is InChI=1S/C10H12FNO4/c11-5-3-7-10(16-4-15-7)8(9(5)14)6(12)1-2-13/h3,6,13-14H,1-2,4,12H2. The van der Waals surface area contributed by atoms with Crippen LogP contribution >= 0.6 is 0 Å². The predicted octanol–water partition coefficient (Wildman–Crippen LogP) is 0.642. The number of phenolic OH excluding ortho intramolecular Hbond substituents is 1. The lowest BCUT2D eigenvalue weighted by Gasteiger charge is -2.15. The molecule has 0 aromatic heterocycles. The summed E-state index contributed by atoms with van der Waals surface area (Å²) in [7, 11) is 0. The zero-order valence-corrected chi connectivity index (χ0v) is 8.44. The fourth-order valence-electron chi connectivity index (χ4n) is 1.65. The van der Waals surface area contributed by atoms with Crippen molar-refractivity contribution in [2.24, 2.45) is 5.73 Å². The van der Waals surface area contributed by atoms with Crippen molar-refractivity contribution >= 4 is 0 Å². The van der Waals surface area contributed by atoms with Crippen LogP contribution in [-0.4, -0.2) is 23.6 Å². The molecule has 0 saturated heterocycles. The molecule has 4 N–H and O–H groups in total. The van der Waals surface area contributed by atoms with Crippen molar-refractivity contribution in [2.45, 2.75) is 12.5 Å². The molecular formula is C10H12FNO4. The van der Waals surface area contributed by atoms with Gasteiger partial charge in [0, 0.05) is 18.7 Å². The van der Waals surface area contributed by atoms with E-state index < -0.39 is 17.6 Å². The molecule has 1 atom stereocenters. The van der Waals surface area contributed by atoms with Gasteiger partial charge in [0.1, 0.15) is 0 Å². The number of hydrogen-bond acceptors (Lipinski definition) is 5. The number of ether oxygens (including phenoxy) is 2. The average Bonchev–Trinajstić information content (AvgIpc) is 2.67. The molecular weight excluding hydrogens is 217 g/mol. The Hall–Kier alpha value is -1.53. The van der Waals surface area contributed by atoms with Gasteiger partial charge in [-0.2, -0.15) is 0 Å². The van der Waals surface area contributed by atoms with E-state index in [1.807, 2.05) is 0 Å². The molecule has 0 aliphatic carbocycles. The SMILES string of the molecule is NC(CCO)c1c(O)c(F)cc2c1OCO2. The Balaban J connectivity index is 2.49. The number of aliphatic hydroxyl groups is 1. The summed E-state index contributed by atoms with van der Waals surface area (Å²) in [5.74, 6) is -0.892. The third-order valence-corrected chi connectivity index (χ3v) is 2.44. The first-order chi connectivity index (χ1) is 7.65. The lowest BCUT2D eigenvalue weighted by molar-refractivity contribution is 0.172. The fourth-order valence-corrected chi connectivity index (χ4v) is 1.65. The predicted molar refractivity (Wildman–Crippen MR) is 52.8 cm³/mol. The van der Waals surface area contributed by atoms with Crippen LogP contribution < -0.4 is 15.2 Å². The molecule has 0 bridgehead atoms. The van der Waals surface area contributed by atoms with E-state index in [2.05, 4.69) is 0 Å². The van der Waals surface area contributed by atoms with Gasteiger partial charge in [0.2, 0.25) is 6.79 Å². The number of aromatic hydroxyl groups is 1. The molecule has 0 fully saturated rings. The smallest absolute Gasteiger partial charge is 0.231 e. The molecule has 1 heterocycles. The lowest BCUT2D eigenvalue weighted by Crippen LogP contribution is -2.13. The quantitative estimate of drug-likeness (QED) is 0.708. The minimum atomic E-state index is -0.812. The Bertz CT molecular complexity index is 410. The first kappa shape index (κ1) is 11.0. The fraction of sp³-hybridized carbons (Fsp3) is 0.400. The van der Waals surface area contributed by atoms with Crippen LogP contribution in [0.5, 0.6) is 17.2 Å². The molecule has 16 heavy (non-hydrogen) atoms. The van der Waals surface area contributed by atoms with Crippen molar-refractivity contribution in [1.29, 1.82) is 0 Å². The molecule has 0 radical (unpaired) electrons. The van der Waals surface area contributed by atoms with Crippen molar-refractivity contribution in [2.75, 3.05) is 13.4 Å². The molecule has 2 rings (SSSR count). The minimum Gasteiger partial charge on any atom is -0.504 e. The summed E-state index contributed by atoms with van der Waals surface area (Å²) in [6.07, 6.45) is 0.201. The Morgan fingerprint density at radius 2 is 2.25 bits per heavy atom. The molecule has 6 heteroatoms. The van der Waals surface area contributed by atoms with Crippen LogP contribution in [0.15, 0.2) is 6.07 Å². The van der Waals surface area contributed by atoms with Gasteiger partial charge in [-0.1, -0.05) is 0 Å². The number of halogens is 1. The average molecular weight is 229 g/mol. The number of fused-ring (bicyclic) bond motifs is 1. The highest BCUT2D eigenvalue weighted by Crippen LogP contribution is 2.45. The number of nitrogens with two attached hydrogens (primary N) is 1. The van der Waals surface area contributed by atoms with Gasteiger partial charge in [0.05, 0.1) is 5.56 Å². The summed E-state index contributed by atoms with van der Waals surface area (Å²) in [4.78, 5) is 0. The van der Waals surface area contributed by atoms with Gasteiger partial charge in [-0.05, 0) is 6.42 Å². The van der Waals surface area contributed by atoms with Crippen LogP contribution in [0.2, 0.25) is 0 Å². The van der Waals surface area contributed by atoms with Gasteiger partial charge in [-0.15, -0.1) is 0 Å². The second-order valence-electron chi connectivity index (χ2n) is 3.47. The Morgan fingerprint density at radius 1 is 1.50 bits per heavy atom. The van der Waals surface area contributed by atoms with E-state index >= 15 is 0 Å². The lowest BCUT2D eigenvalue weighted by atomic mass is 10.0. The summed E-state index contributed by atoms with van der Waals surface area (Å²) < 4.78 is 23.5. The summed E-state index contributed by atoms with van der Waals surface area (Å²) in [6, 6.07) is 0.350. The minimum absolute atomic E-state index is 0.0307. The van der Waals surface area contributed by atoms with Crippen LogP contribution in [0, 0.1) is 5.82 Å². The van der Waals surface area contributed by atoms with Crippen LogP contribution in [-0.2, 0) is 0 Å².